The van der Waals surface area contributed by atoms with Gasteiger partial charge in [-0.05, 0) is 53.6 Å². The van der Waals surface area contributed by atoms with Gasteiger partial charge in [-0.3, -0.25) is 0 Å². The Hall–Kier alpha value is -3.05. The minimum Gasteiger partial charge on any atom is -0.496 e. The Balaban J connectivity index is 2.06. The van der Waals surface area contributed by atoms with E-state index in [1.807, 2.05) is 36.4 Å². The number of rotatable bonds is 3. The summed E-state index contributed by atoms with van der Waals surface area (Å²) in [4.78, 5) is 0. The molecule has 0 radical (unpaired) electrons. The van der Waals surface area contributed by atoms with Crippen LogP contribution in [0.25, 0.3) is 22.9 Å². The van der Waals surface area contributed by atoms with Crippen LogP contribution >= 0.6 is 0 Å². The number of ether oxygens (including phenoxy) is 1. The molecular weight excluding hydrogens is 294 g/mol. The topological polar surface area (TPSA) is 33.0 Å². The molecule has 3 aromatic rings. The largest absolute Gasteiger partial charge is 0.496 e. The Morgan fingerprint density at radius 2 is 1.71 bits per heavy atom. The van der Waals surface area contributed by atoms with E-state index in [2.05, 4.69) is 44.2 Å². The fraction of sp³-hybridized carbons (Fsp3) is 0.136. The molecule has 0 heterocycles. The van der Waals surface area contributed by atoms with Gasteiger partial charge in [0.15, 0.2) is 0 Å². The molecule has 0 aromatic heterocycles. The van der Waals surface area contributed by atoms with Gasteiger partial charge in [0, 0.05) is 5.39 Å². The summed E-state index contributed by atoms with van der Waals surface area (Å²) in [5.41, 5.74) is 5.28. The fourth-order valence-electron chi connectivity index (χ4n) is 2.91. The van der Waals surface area contributed by atoms with Crippen LogP contribution in [0.15, 0.2) is 48.5 Å². The molecule has 0 amide bonds. The number of aryl methyl sites for hydroxylation is 1. The van der Waals surface area contributed by atoms with E-state index in [-0.39, 0.29) is 0 Å². The van der Waals surface area contributed by atoms with Gasteiger partial charge in [-0.1, -0.05) is 48.6 Å². The lowest BCUT2D eigenvalue weighted by molar-refractivity contribution is 0.411. The standard InChI is InChI=1S/C22H19NO/c1-15-12-17(13-22(24-3)16(15)2)8-9-18-10-11-19(14-23)21-7-5-4-6-20(18)21/h4-13H,1-3H3/b9-8+. The zero-order valence-electron chi connectivity index (χ0n) is 14.1. The number of benzene rings is 3. The van der Waals surface area contributed by atoms with E-state index >= 15 is 0 Å². The molecule has 0 saturated carbocycles. The van der Waals surface area contributed by atoms with Crippen LogP contribution in [0.3, 0.4) is 0 Å². The number of hydrogen-bond donors (Lipinski definition) is 0. The fourth-order valence-corrected chi connectivity index (χ4v) is 2.91. The van der Waals surface area contributed by atoms with E-state index in [4.69, 9.17) is 4.74 Å². The number of nitrogens with zero attached hydrogens (tertiary/aromatic N) is 1. The van der Waals surface area contributed by atoms with Crippen LogP contribution in [0.1, 0.15) is 27.8 Å². The first-order chi connectivity index (χ1) is 11.6. The third kappa shape index (κ3) is 2.89. The molecule has 0 bridgehead atoms. The maximum absolute atomic E-state index is 9.27. The van der Waals surface area contributed by atoms with E-state index < -0.39 is 0 Å². The number of fused-ring (bicyclic) bond motifs is 1. The lowest BCUT2D eigenvalue weighted by Gasteiger charge is -2.09. The highest BCUT2D eigenvalue weighted by Crippen LogP contribution is 2.27. The zero-order chi connectivity index (χ0) is 17.1. The molecule has 3 aromatic carbocycles. The predicted molar refractivity (Wildman–Crippen MR) is 100 cm³/mol. The van der Waals surface area contributed by atoms with Crippen molar-refractivity contribution in [3.8, 4) is 11.8 Å². The average molecular weight is 313 g/mol. The molecule has 2 nitrogen and oxygen atoms in total. The Kier molecular flexibility index (Phi) is 4.35. The Morgan fingerprint density at radius 1 is 0.958 bits per heavy atom. The summed E-state index contributed by atoms with van der Waals surface area (Å²) < 4.78 is 5.45. The monoisotopic (exact) mass is 313 g/mol. The van der Waals surface area contributed by atoms with Gasteiger partial charge >= 0.3 is 0 Å². The minimum absolute atomic E-state index is 0.704. The van der Waals surface area contributed by atoms with Crippen molar-refractivity contribution < 1.29 is 4.74 Å². The first kappa shape index (κ1) is 15.8. The normalized spacial score (nSPS) is 10.9. The van der Waals surface area contributed by atoms with Crippen molar-refractivity contribution in [2.75, 3.05) is 7.11 Å². The van der Waals surface area contributed by atoms with Crippen molar-refractivity contribution in [3.05, 3.63) is 76.3 Å². The summed E-state index contributed by atoms with van der Waals surface area (Å²) in [6.45, 7) is 4.15. The highest BCUT2D eigenvalue weighted by Gasteiger charge is 2.05. The molecule has 0 saturated heterocycles. The smallest absolute Gasteiger partial charge is 0.122 e. The van der Waals surface area contributed by atoms with Crippen LogP contribution in [0.4, 0.5) is 0 Å². The SMILES string of the molecule is COc1cc(/C=C/c2ccc(C#N)c3ccccc23)cc(C)c1C. The van der Waals surface area contributed by atoms with Gasteiger partial charge in [0.25, 0.3) is 0 Å². The zero-order valence-corrected chi connectivity index (χ0v) is 14.1. The van der Waals surface area contributed by atoms with Crippen LogP contribution in [-0.2, 0) is 0 Å². The second-order valence-electron chi connectivity index (χ2n) is 5.86. The molecule has 2 heteroatoms. The Morgan fingerprint density at radius 3 is 2.42 bits per heavy atom. The molecule has 0 unspecified atom stereocenters. The highest BCUT2D eigenvalue weighted by molar-refractivity contribution is 5.96. The molecule has 0 spiro atoms. The molecule has 0 aliphatic carbocycles. The molecule has 0 aliphatic heterocycles. The highest BCUT2D eigenvalue weighted by atomic mass is 16.5. The molecule has 118 valence electrons. The molecular formula is C22H19NO. The number of methoxy groups -OCH3 is 1. The summed E-state index contributed by atoms with van der Waals surface area (Å²) in [6, 6.07) is 18.3. The Labute approximate surface area is 142 Å². The summed E-state index contributed by atoms with van der Waals surface area (Å²) in [5.74, 6) is 0.902. The molecule has 24 heavy (non-hydrogen) atoms. The first-order valence-corrected chi connectivity index (χ1v) is 7.89. The van der Waals surface area contributed by atoms with Crippen LogP contribution in [-0.4, -0.2) is 7.11 Å². The molecule has 0 fully saturated rings. The third-order valence-corrected chi connectivity index (χ3v) is 4.40. The van der Waals surface area contributed by atoms with Gasteiger partial charge in [-0.25, -0.2) is 0 Å². The van der Waals surface area contributed by atoms with Crippen molar-refractivity contribution in [1.29, 1.82) is 5.26 Å². The summed E-state index contributed by atoms with van der Waals surface area (Å²) in [7, 11) is 1.70. The summed E-state index contributed by atoms with van der Waals surface area (Å²) in [6.07, 6.45) is 4.18. The maximum atomic E-state index is 9.27. The van der Waals surface area contributed by atoms with E-state index in [1.165, 1.54) is 11.1 Å². The molecule has 0 atom stereocenters. The van der Waals surface area contributed by atoms with Crippen LogP contribution < -0.4 is 4.74 Å². The second kappa shape index (κ2) is 6.60. The van der Waals surface area contributed by atoms with Crippen LogP contribution in [0, 0.1) is 25.2 Å². The molecule has 0 aliphatic rings. The van der Waals surface area contributed by atoms with Gasteiger partial charge in [-0.2, -0.15) is 5.26 Å². The summed E-state index contributed by atoms with van der Waals surface area (Å²) >= 11 is 0. The van der Waals surface area contributed by atoms with E-state index in [9.17, 15) is 5.26 Å². The van der Waals surface area contributed by atoms with Crippen molar-refractivity contribution in [2.45, 2.75) is 13.8 Å². The van der Waals surface area contributed by atoms with Gasteiger partial charge < -0.3 is 4.74 Å². The minimum atomic E-state index is 0.704. The second-order valence-corrected chi connectivity index (χ2v) is 5.86. The quantitative estimate of drug-likeness (QED) is 0.597. The van der Waals surface area contributed by atoms with Gasteiger partial charge in [0.1, 0.15) is 5.75 Å². The van der Waals surface area contributed by atoms with Crippen molar-refractivity contribution in [1.82, 2.24) is 0 Å². The maximum Gasteiger partial charge on any atom is 0.122 e. The van der Waals surface area contributed by atoms with Crippen molar-refractivity contribution in [2.24, 2.45) is 0 Å². The van der Waals surface area contributed by atoms with E-state index in [0.29, 0.717) is 5.56 Å². The lowest BCUT2D eigenvalue weighted by Crippen LogP contribution is -1.91. The number of hydrogen-bond acceptors (Lipinski definition) is 2. The van der Waals surface area contributed by atoms with Crippen molar-refractivity contribution in [3.63, 3.8) is 0 Å². The van der Waals surface area contributed by atoms with E-state index in [0.717, 1.165) is 27.6 Å². The molecule has 3 rings (SSSR count). The summed E-state index contributed by atoms with van der Waals surface area (Å²) in [5, 5.41) is 11.3. The van der Waals surface area contributed by atoms with Crippen molar-refractivity contribution >= 4 is 22.9 Å². The number of nitriles is 1. The van der Waals surface area contributed by atoms with Gasteiger partial charge in [0.2, 0.25) is 0 Å². The van der Waals surface area contributed by atoms with Gasteiger partial charge in [-0.15, -0.1) is 0 Å². The van der Waals surface area contributed by atoms with E-state index in [1.54, 1.807) is 7.11 Å². The average Bonchev–Trinajstić information content (AvgIpc) is 2.62. The lowest BCUT2D eigenvalue weighted by atomic mass is 9.99. The van der Waals surface area contributed by atoms with Gasteiger partial charge in [0.05, 0.1) is 18.7 Å². The van der Waals surface area contributed by atoms with Crippen LogP contribution in [0.2, 0.25) is 0 Å². The predicted octanol–water partition coefficient (Wildman–Crippen LogP) is 5.51. The first-order valence-electron chi connectivity index (χ1n) is 7.89. The Bertz CT molecular complexity index is 977. The molecule has 0 N–H and O–H groups in total. The van der Waals surface area contributed by atoms with Crippen LogP contribution in [0.5, 0.6) is 5.75 Å². The third-order valence-electron chi connectivity index (χ3n) is 4.40.